The van der Waals surface area contributed by atoms with Gasteiger partial charge in [0, 0.05) is 26.2 Å². The molecule has 1 aliphatic rings. The molecule has 0 aromatic carbocycles. The summed E-state index contributed by atoms with van der Waals surface area (Å²) in [5, 5.41) is 13.8. The number of piperazine rings is 1. The number of hydrogen-bond donors (Lipinski definition) is 2. The summed E-state index contributed by atoms with van der Waals surface area (Å²) >= 11 is 7.32. The van der Waals surface area contributed by atoms with Gasteiger partial charge in [0.25, 0.3) is 5.91 Å². The summed E-state index contributed by atoms with van der Waals surface area (Å²) in [5.74, 6) is 0.157. The molecule has 0 atom stereocenters. The highest BCUT2D eigenvalue weighted by atomic mass is 35.5. The maximum Gasteiger partial charge on any atom is 0.265 e. The standard InChI is InChI=1S/C11H15ClN4O2S/c12-8-1-6-19-10(8)11(17)16-4-2-15(3-5-16)7-9(13)14-18/h1,6,18H,2-5,7H2,(H2,13,14). The van der Waals surface area contributed by atoms with E-state index in [1.54, 1.807) is 11.0 Å². The summed E-state index contributed by atoms with van der Waals surface area (Å²) in [7, 11) is 0. The molecule has 1 saturated heterocycles. The van der Waals surface area contributed by atoms with Gasteiger partial charge in [-0.1, -0.05) is 16.8 Å². The molecule has 0 unspecified atom stereocenters. The van der Waals surface area contributed by atoms with Crippen LogP contribution in [0.4, 0.5) is 0 Å². The monoisotopic (exact) mass is 302 g/mol. The summed E-state index contributed by atoms with van der Waals surface area (Å²) in [6.07, 6.45) is 0. The van der Waals surface area contributed by atoms with Crippen molar-refractivity contribution in [2.24, 2.45) is 10.9 Å². The number of halogens is 1. The molecular formula is C11H15ClN4O2S. The van der Waals surface area contributed by atoms with E-state index in [1.807, 2.05) is 10.3 Å². The van der Waals surface area contributed by atoms with Crippen molar-refractivity contribution in [2.75, 3.05) is 32.7 Å². The van der Waals surface area contributed by atoms with Crippen LogP contribution in [0.15, 0.2) is 16.6 Å². The highest BCUT2D eigenvalue weighted by Crippen LogP contribution is 2.24. The molecule has 1 aromatic rings. The highest BCUT2D eigenvalue weighted by Gasteiger charge is 2.24. The highest BCUT2D eigenvalue weighted by molar-refractivity contribution is 7.12. The number of carbonyl (C=O) groups is 1. The number of hydrogen-bond acceptors (Lipinski definition) is 5. The maximum atomic E-state index is 12.2. The second kappa shape index (κ2) is 6.23. The molecule has 2 rings (SSSR count). The van der Waals surface area contributed by atoms with Crippen LogP contribution in [-0.4, -0.2) is 59.5 Å². The van der Waals surface area contributed by atoms with Crippen molar-refractivity contribution in [3.8, 4) is 0 Å². The van der Waals surface area contributed by atoms with Crippen molar-refractivity contribution >= 4 is 34.7 Å². The Morgan fingerprint density at radius 3 is 2.68 bits per heavy atom. The van der Waals surface area contributed by atoms with E-state index in [4.69, 9.17) is 22.5 Å². The zero-order valence-electron chi connectivity index (χ0n) is 10.3. The Hall–Kier alpha value is -1.31. The van der Waals surface area contributed by atoms with Crippen molar-refractivity contribution in [1.82, 2.24) is 9.80 Å². The molecule has 104 valence electrons. The molecule has 0 radical (unpaired) electrons. The second-order valence-electron chi connectivity index (χ2n) is 4.26. The predicted molar refractivity (Wildman–Crippen MR) is 75.1 cm³/mol. The van der Waals surface area contributed by atoms with Crippen LogP contribution in [0.3, 0.4) is 0 Å². The van der Waals surface area contributed by atoms with E-state index in [-0.39, 0.29) is 11.7 Å². The minimum atomic E-state index is -0.0246. The van der Waals surface area contributed by atoms with Crippen molar-refractivity contribution in [3.05, 3.63) is 21.3 Å². The molecule has 1 fully saturated rings. The van der Waals surface area contributed by atoms with Crippen molar-refractivity contribution in [2.45, 2.75) is 0 Å². The first-order valence-electron chi connectivity index (χ1n) is 5.83. The van der Waals surface area contributed by atoms with Gasteiger partial charge >= 0.3 is 0 Å². The average Bonchev–Trinajstić information content (AvgIpc) is 2.85. The molecule has 0 aliphatic carbocycles. The number of amides is 1. The Labute approximate surface area is 120 Å². The maximum absolute atomic E-state index is 12.2. The van der Waals surface area contributed by atoms with Gasteiger partial charge < -0.3 is 15.8 Å². The lowest BCUT2D eigenvalue weighted by molar-refractivity contribution is 0.0658. The van der Waals surface area contributed by atoms with Gasteiger partial charge in [-0.3, -0.25) is 9.69 Å². The smallest absolute Gasteiger partial charge is 0.265 e. The fourth-order valence-corrected chi connectivity index (χ4v) is 3.06. The van der Waals surface area contributed by atoms with E-state index in [0.717, 1.165) is 0 Å². The molecule has 0 spiro atoms. The lowest BCUT2D eigenvalue weighted by Gasteiger charge is -2.34. The first-order chi connectivity index (χ1) is 9.11. The molecule has 0 bridgehead atoms. The Morgan fingerprint density at radius 2 is 2.16 bits per heavy atom. The van der Waals surface area contributed by atoms with Crippen LogP contribution in [0, 0.1) is 0 Å². The van der Waals surface area contributed by atoms with Crippen LogP contribution in [-0.2, 0) is 0 Å². The molecule has 3 N–H and O–H groups in total. The summed E-state index contributed by atoms with van der Waals surface area (Å²) in [5.41, 5.74) is 5.46. The van der Waals surface area contributed by atoms with Crippen molar-refractivity contribution in [1.29, 1.82) is 0 Å². The summed E-state index contributed by atoms with van der Waals surface area (Å²) < 4.78 is 0. The molecular weight excluding hydrogens is 288 g/mol. The van der Waals surface area contributed by atoms with Gasteiger partial charge in [-0.05, 0) is 11.4 Å². The predicted octanol–water partition coefficient (Wildman–Crippen LogP) is 0.906. The second-order valence-corrected chi connectivity index (χ2v) is 5.58. The number of carbonyl (C=O) groups excluding carboxylic acids is 1. The number of oxime groups is 1. The van der Waals surface area contributed by atoms with E-state index >= 15 is 0 Å². The fourth-order valence-electron chi connectivity index (χ4n) is 1.96. The molecule has 2 heterocycles. The lowest BCUT2D eigenvalue weighted by Crippen LogP contribution is -2.50. The Morgan fingerprint density at radius 1 is 1.47 bits per heavy atom. The van der Waals surface area contributed by atoms with E-state index in [2.05, 4.69) is 5.16 Å². The molecule has 1 amide bonds. The third-order valence-electron chi connectivity index (χ3n) is 2.98. The van der Waals surface area contributed by atoms with Crippen LogP contribution in [0.1, 0.15) is 9.67 Å². The lowest BCUT2D eigenvalue weighted by atomic mass is 10.3. The average molecular weight is 303 g/mol. The Bertz CT molecular complexity index is 483. The first-order valence-corrected chi connectivity index (χ1v) is 7.08. The quantitative estimate of drug-likeness (QED) is 0.376. The normalized spacial score (nSPS) is 17.7. The molecule has 0 saturated carbocycles. The number of thiophene rings is 1. The van der Waals surface area contributed by atoms with E-state index < -0.39 is 0 Å². The van der Waals surface area contributed by atoms with E-state index in [1.165, 1.54) is 11.3 Å². The van der Waals surface area contributed by atoms with Crippen LogP contribution in [0.25, 0.3) is 0 Å². The number of nitrogens with zero attached hydrogens (tertiary/aromatic N) is 3. The molecule has 19 heavy (non-hydrogen) atoms. The Balaban J connectivity index is 1.90. The number of nitrogens with two attached hydrogens (primary N) is 1. The minimum absolute atomic E-state index is 0.0246. The minimum Gasteiger partial charge on any atom is -0.409 e. The van der Waals surface area contributed by atoms with E-state index in [0.29, 0.717) is 42.6 Å². The third-order valence-corrected chi connectivity index (χ3v) is 4.31. The van der Waals surface area contributed by atoms with Crippen LogP contribution >= 0.6 is 22.9 Å². The molecule has 1 aliphatic heterocycles. The van der Waals surface area contributed by atoms with Gasteiger partial charge in [0.2, 0.25) is 0 Å². The van der Waals surface area contributed by atoms with Crippen LogP contribution in [0.5, 0.6) is 0 Å². The van der Waals surface area contributed by atoms with E-state index in [9.17, 15) is 4.79 Å². The topological polar surface area (TPSA) is 82.2 Å². The van der Waals surface area contributed by atoms with Gasteiger partial charge in [-0.25, -0.2) is 0 Å². The fraction of sp³-hybridized carbons (Fsp3) is 0.455. The number of amidine groups is 1. The van der Waals surface area contributed by atoms with Gasteiger partial charge in [0.05, 0.1) is 11.6 Å². The van der Waals surface area contributed by atoms with Crippen molar-refractivity contribution in [3.63, 3.8) is 0 Å². The van der Waals surface area contributed by atoms with Crippen LogP contribution < -0.4 is 5.73 Å². The summed E-state index contributed by atoms with van der Waals surface area (Å²) in [6, 6.07) is 1.73. The van der Waals surface area contributed by atoms with Gasteiger partial charge in [0.15, 0.2) is 5.84 Å². The van der Waals surface area contributed by atoms with Crippen molar-refractivity contribution < 1.29 is 10.0 Å². The largest absolute Gasteiger partial charge is 0.409 e. The molecule has 1 aromatic heterocycles. The number of rotatable bonds is 3. The summed E-state index contributed by atoms with van der Waals surface area (Å²) in [6.45, 7) is 3.05. The van der Waals surface area contributed by atoms with Gasteiger partial charge in [-0.2, -0.15) is 0 Å². The zero-order chi connectivity index (χ0) is 13.8. The Kier molecular flexibility index (Phi) is 4.62. The SMILES string of the molecule is N/C(CN1CCN(C(=O)c2sccc2Cl)CC1)=N/O. The first kappa shape index (κ1) is 14.1. The third kappa shape index (κ3) is 3.37. The van der Waals surface area contributed by atoms with Gasteiger partial charge in [0.1, 0.15) is 4.88 Å². The molecule has 8 heteroatoms. The zero-order valence-corrected chi connectivity index (χ0v) is 11.8. The van der Waals surface area contributed by atoms with Crippen LogP contribution in [0.2, 0.25) is 5.02 Å². The summed E-state index contributed by atoms with van der Waals surface area (Å²) in [4.78, 5) is 16.6. The molecule has 6 nitrogen and oxygen atoms in total. The van der Waals surface area contributed by atoms with Gasteiger partial charge in [-0.15, -0.1) is 11.3 Å².